The Hall–Kier alpha value is -2.41. The van der Waals surface area contributed by atoms with Crippen LogP contribution in [0.15, 0.2) is 44.8 Å². The van der Waals surface area contributed by atoms with Crippen LogP contribution in [0.4, 0.5) is 0 Å². The van der Waals surface area contributed by atoms with Crippen LogP contribution in [0.2, 0.25) is 0 Å². The average molecular weight is 315 g/mol. The number of amides is 1. The maximum absolute atomic E-state index is 12.2. The lowest BCUT2D eigenvalue weighted by atomic mass is 10.1. The number of aromatic nitrogens is 2. The van der Waals surface area contributed by atoms with E-state index in [1.165, 1.54) is 6.26 Å². The van der Waals surface area contributed by atoms with Gasteiger partial charge in [-0.25, -0.2) is 0 Å². The minimum Gasteiger partial charge on any atom is -0.459 e. The molecule has 1 amide bonds. The van der Waals surface area contributed by atoms with E-state index in [0.29, 0.717) is 30.6 Å². The van der Waals surface area contributed by atoms with Gasteiger partial charge in [0.25, 0.3) is 11.8 Å². The predicted octanol–water partition coefficient (Wildman–Crippen LogP) is 3.02. The van der Waals surface area contributed by atoms with Gasteiger partial charge in [-0.3, -0.25) is 4.79 Å². The van der Waals surface area contributed by atoms with Crippen molar-refractivity contribution in [2.45, 2.75) is 12.3 Å². The molecule has 4 rings (SSSR count). The molecule has 1 saturated heterocycles. The molecule has 3 aromatic heterocycles. The minimum absolute atomic E-state index is 0.0884. The molecule has 112 valence electrons. The molecule has 4 heterocycles. The van der Waals surface area contributed by atoms with E-state index in [1.807, 2.05) is 17.5 Å². The molecule has 1 aliphatic rings. The van der Waals surface area contributed by atoms with Crippen molar-refractivity contribution in [3.63, 3.8) is 0 Å². The van der Waals surface area contributed by atoms with Gasteiger partial charge in [-0.1, -0.05) is 11.2 Å². The van der Waals surface area contributed by atoms with E-state index in [0.717, 1.165) is 11.3 Å². The van der Waals surface area contributed by atoms with Gasteiger partial charge in [0.05, 0.1) is 11.1 Å². The van der Waals surface area contributed by atoms with Gasteiger partial charge in [0, 0.05) is 19.0 Å². The van der Waals surface area contributed by atoms with E-state index >= 15 is 0 Å². The molecule has 22 heavy (non-hydrogen) atoms. The van der Waals surface area contributed by atoms with Crippen molar-refractivity contribution in [1.29, 1.82) is 0 Å². The summed E-state index contributed by atoms with van der Waals surface area (Å²) in [5.41, 5.74) is 0. The molecule has 6 nitrogen and oxygen atoms in total. The topological polar surface area (TPSA) is 72.4 Å². The van der Waals surface area contributed by atoms with Gasteiger partial charge >= 0.3 is 0 Å². The molecule has 1 fully saturated rings. The molecular formula is C15H13N3O3S. The Morgan fingerprint density at radius 3 is 3.09 bits per heavy atom. The first-order chi connectivity index (χ1) is 10.8. The Morgan fingerprint density at radius 1 is 1.36 bits per heavy atom. The molecular weight excluding hydrogens is 302 g/mol. The Bertz CT molecular complexity index is 764. The molecule has 7 heteroatoms. The van der Waals surface area contributed by atoms with Gasteiger partial charge in [0.2, 0.25) is 0 Å². The molecule has 1 atom stereocenters. The SMILES string of the molecule is O=C(c1ccco1)N1CC[C@H](c2noc(-c3cccs3)n2)C1. The normalized spacial score (nSPS) is 18.0. The van der Waals surface area contributed by atoms with Crippen LogP contribution in [0.3, 0.4) is 0 Å². The molecule has 0 unspecified atom stereocenters. The number of hydrogen-bond acceptors (Lipinski definition) is 6. The summed E-state index contributed by atoms with van der Waals surface area (Å²) in [6, 6.07) is 7.29. The summed E-state index contributed by atoms with van der Waals surface area (Å²) >= 11 is 1.56. The zero-order valence-electron chi connectivity index (χ0n) is 11.6. The van der Waals surface area contributed by atoms with E-state index in [9.17, 15) is 4.79 Å². The highest BCUT2D eigenvalue weighted by Gasteiger charge is 2.32. The lowest BCUT2D eigenvalue weighted by Crippen LogP contribution is -2.28. The lowest BCUT2D eigenvalue weighted by molar-refractivity contribution is 0.0759. The summed E-state index contributed by atoms with van der Waals surface area (Å²) in [6.07, 6.45) is 2.34. The van der Waals surface area contributed by atoms with E-state index in [-0.39, 0.29) is 11.8 Å². The fourth-order valence-corrected chi connectivity index (χ4v) is 3.26. The van der Waals surface area contributed by atoms with Gasteiger partial charge in [-0.15, -0.1) is 11.3 Å². The van der Waals surface area contributed by atoms with E-state index in [2.05, 4.69) is 10.1 Å². The van der Waals surface area contributed by atoms with Crippen molar-refractivity contribution in [3.8, 4) is 10.8 Å². The summed E-state index contributed by atoms with van der Waals surface area (Å²) in [5.74, 6) is 1.60. The largest absolute Gasteiger partial charge is 0.459 e. The van der Waals surface area contributed by atoms with Crippen LogP contribution in [-0.2, 0) is 0 Å². The Balaban J connectivity index is 1.48. The highest BCUT2D eigenvalue weighted by Crippen LogP contribution is 2.29. The number of nitrogens with zero attached hydrogens (tertiary/aromatic N) is 3. The maximum atomic E-state index is 12.2. The molecule has 0 aromatic carbocycles. The number of hydrogen-bond donors (Lipinski definition) is 0. The third-order valence-electron chi connectivity index (χ3n) is 3.75. The molecule has 0 spiro atoms. The second-order valence-electron chi connectivity index (χ2n) is 5.15. The van der Waals surface area contributed by atoms with Crippen LogP contribution in [0.5, 0.6) is 0 Å². The van der Waals surface area contributed by atoms with Crippen LogP contribution in [0, 0.1) is 0 Å². The molecule has 0 N–H and O–H groups in total. The number of rotatable bonds is 3. The third-order valence-corrected chi connectivity index (χ3v) is 4.60. The highest BCUT2D eigenvalue weighted by atomic mass is 32.1. The van der Waals surface area contributed by atoms with Crippen molar-refractivity contribution in [3.05, 3.63) is 47.5 Å². The van der Waals surface area contributed by atoms with E-state index < -0.39 is 0 Å². The molecule has 0 radical (unpaired) electrons. The van der Waals surface area contributed by atoms with Crippen LogP contribution in [-0.4, -0.2) is 34.0 Å². The fourth-order valence-electron chi connectivity index (χ4n) is 2.61. The van der Waals surface area contributed by atoms with Crippen molar-refractivity contribution < 1.29 is 13.7 Å². The van der Waals surface area contributed by atoms with Crippen molar-refractivity contribution >= 4 is 17.2 Å². The molecule has 0 aliphatic carbocycles. The highest BCUT2D eigenvalue weighted by molar-refractivity contribution is 7.13. The van der Waals surface area contributed by atoms with Gasteiger partial charge in [0.15, 0.2) is 11.6 Å². The van der Waals surface area contributed by atoms with E-state index in [1.54, 1.807) is 28.4 Å². The van der Waals surface area contributed by atoms with Gasteiger partial charge in [-0.2, -0.15) is 4.98 Å². The Morgan fingerprint density at radius 2 is 2.32 bits per heavy atom. The number of carbonyl (C=O) groups excluding carboxylic acids is 1. The first kappa shape index (κ1) is 13.3. The summed E-state index contributed by atoms with van der Waals surface area (Å²) in [5, 5.41) is 6.04. The standard InChI is InChI=1S/C15H13N3O3S/c19-15(11-3-1-7-20-11)18-6-5-10(9-18)13-16-14(21-17-13)12-4-2-8-22-12/h1-4,7-8,10H,5-6,9H2/t10-/m0/s1. The quantitative estimate of drug-likeness (QED) is 0.743. The summed E-state index contributed by atoms with van der Waals surface area (Å²) in [6.45, 7) is 1.26. The number of thiophene rings is 1. The number of likely N-dealkylation sites (tertiary alicyclic amines) is 1. The van der Waals surface area contributed by atoms with Gasteiger partial charge in [-0.05, 0) is 30.0 Å². The second-order valence-corrected chi connectivity index (χ2v) is 6.10. The van der Waals surface area contributed by atoms with Gasteiger partial charge in [0.1, 0.15) is 0 Å². The van der Waals surface area contributed by atoms with Crippen molar-refractivity contribution in [1.82, 2.24) is 15.0 Å². The monoisotopic (exact) mass is 315 g/mol. The molecule has 3 aromatic rings. The summed E-state index contributed by atoms with van der Waals surface area (Å²) < 4.78 is 10.5. The molecule has 0 saturated carbocycles. The first-order valence-corrected chi connectivity index (χ1v) is 7.89. The maximum Gasteiger partial charge on any atom is 0.289 e. The number of carbonyl (C=O) groups is 1. The first-order valence-electron chi connectivity index (χ1n) is 7.01. The lowest BCUT2D eigenvalue weighted by Gasteiger charge is -2.13. The molecule has 0 bridgehead atoms. The van der Waals surface area contributed by atoms with Crippen molar-refractivity contribution in [2.75, 3.05) is 13.1 Å². The zero-order valence-corrected chi connectivity index (χ0v) is 12.5. The van der Waals surface area contributed by atoms with Crippen molar-refractivity contribution in [2.24, 2.45) is 0 Å². The predicted molar refractivity (Wildman–Crippen MR) is 79.6 cm³/mol. The Kier molecular flexibility index (Phi) is 3.27. The minimum atomic E-state index is -0.0884. The summed E-state index contributed by atoms with van der Waals surface area (Å²) in [4.78, 5) is 19.4. The Labute approximate surface area is 130 Å². The zero-order chi connectivity index (χ0) is 14.9. The van der Waals surface area contributed by atoms with Crippen LogP contribution in [0.1, 0.15) is 28.7 Å². The van der Waals surface area contributed by atoms with Gasteiger partial charge < -0.3 is 13.8 Å². The van der Waals surface area contributed by atoms with Crippen LogP contribution in [0.25, 0.3) is 10.8 Å². The third kappa shape index (κ3) is 2.33. The van der Waals surface area contributed by atoms with Crippen LogP contribution < -0.4 is 0 Å². The van der Waals surface area contributed by atoms with Crippen LogP contribution >= 0.6 is 11.3 Å². The number of furan rings is 1. The average Bonchev–Trinajstić information content (AvgIpc) is 3.35. The molecule has 1 aliphatic heterocycles. The fraction of sp³-hybridized carbons (Fsp3) is 0.267. The van der Waals surface area contributed by atoms with E-state index in [4.69, 9.17) is 8.94 Å². The second kappa shape index (κ2) is 5.42. The smallest absolute Gasteiger partial charge is 0.289 e. The summed E-state index contributed by atoms with van der Waals surface area (Å²) in [7, 11) is 0.